The number of rotatable bonds is 3. The zero-order valence-corrected chi connectivity index (χ0v) is 11.8. The number of nitrogens with one attached hydrogen (secondary N) is 1. The van der Waals surface area contributed by atoms with Crippen LogP contribution in [0.4, 0.5) is 8.78 Å². The first-order chi connectivity index (χ1) is 10.6. The molecule has 1 amide bonds. The standard InChI is InChI=1S/C17H15F2NO2/c18-12-5-6-16-13(10-12)15(7-8-22-16)20-17(21)9-11-3-1-2-4-14(11)19/h1-6,10,15H,7-9H2,(H,20,21). The third-order valence-electron chi connectivity index (χ3n) is 3.66. The molecule has 1 atom stereocenters. The Morgan fingerprint density at radius 1 is 1.23 bits per heavy atom. The molecule has 5 heteroatoms. The lowest BCUT2D eigenvalue weighted by atomic mass is 10.00. The third kappa shape index (κ3) is 3.08. The van der Waals surface area contributed by atoms with E-state index in [4.69, 9.17) is 4.74 Å². The predicted molar refractivity (Wildman–Crippen MR) is 77.5 cm³/mol. The van der Waals surface area contributed by atoms with Crippen LogP contribution in [0.5, 0.6) is 5.75 Å². The number of ether oxygens (including phenoxy) is 1. The summed E-state index contributed by atoms with van der Waals surface area (Å²) in [6, 6.07) is 10.1. The molecule has 1 unspecified atom stereocenters. The molecule has 2 aromatic carbocycles. The topological polar surface area (TPSA) is 38.3 Å². The second-order valence-corrected chi connectivity index (χ2v) is 5.21. The molecule has 22 heavy (non-hydrogen) atoms. The molecule has 2 aromatic rings. The molecular weight excluding hydrogens is 288 g/mol. The van der Waals surface area contributed by atoms with Gasteiger partial charge in [-0.15, -0.1) is 0 Å². The summed E-state index contributed by atoms with van der Waals surface area (Å²) in [7, 11) is 0. The number of hydrogen-bond donors (Lipinski definition) is 1. The summed E-state index contributed by atoms with van der Waals surface area (Å²) in [4.78, 5) is 12.1. The maximum Gasteiger partial charge on any atom is 0.225 e. The second-order valence-electron chi connectivity index (χ2n) is 5.21. The maximum absolute atomic E-state index is 13.6. The average molecular weight is 303 g/mol. The van der Waals surface area contributed by atoms with Crippen LogP contribution < -0.4 is 10.1 Å². The Kier molecular flexibility index (Phi) is 4.04. The van der Waals surface area contributed by atoms with Gasteiger partial charge in [0.15, 0.2) is 0 Å². The molecule has 1 heterocycles. The van der Waals surface area contributed by atoms with Crippen molar-refractivity contribution in [3.63, 3.8) is 0 Å². The van der Waals surface area contributed by atoms with E-state index in [0.717, 1.165) is 0 Å². The quantitative estimate of drug-likeness (QED) is 0.946. The normalized spacial score (nSPS) is 16.5. The summed E-state index contributed by atoms with van der Waals surface area (Å²) >= 11 is 0. The molecule has 1 N–H and O–H groups in total. The minimum Gasteiger partial charge on any atom is -0.493 e. The SMILES string of the molecule is O=C(Cc1ccccc1F)NC1CCOc2ccc(F)cc21. The molecule has 0 fully saturated rings. The first-order valence-corrected chi connectivity index (χ1v) is 7.08. The fraction of sp³-hybridized carbons (Fsp3) is 0.235. The molecule has 0 spiro atoms. The summed E-state index contributed by atoms with van der Waals surface area (Å²) in [5.74, 6) is -0.510. The van der Waals surface area contributed by atoms with E-state index in [1.165, 1.54) is 18.2 Å². The number of benzene rings is 2. The van der Waals surface area contributed by atoms with Crippen molar-refractivity contribution in [1.82, 2.24) is 5.32 Å². The summed E-state index contributed by atoms with van der Waals surface area (Å²) in [6.45, 7) is 0.448. The van der Waals surface area contributed by atoms with E-state index in [9.17, 15) is 13.6 Å². The van der Waals surface area contributed by atoms with Crippen LogP contribution >= 0.6 is 0 Å². The molecule has 0 saturated heterocycles. The highest BCUT2D eigenvalue weighted by atomic mass is 19.1. The number of amides is 1. The Morgan fingerprint density at radius 3 is 2.86 bits per heavy atom. The molecule has 0 radical (unpaired) electrons. The molecule has 3 rings (SSSR count). The van der Waals surface area contributed by atoms with Crippen molar-refractivity contribution < 1.29 is 18.3 Å². The second kappa shape index (κ2) is 6.13. The van der Waals surface area contributed by atoms with E-state index in [2.05, 4.69) is 5.32 Å². The molecule has 3 nitrogen and oxygen atoms in total. The largest absolute Gasteiger partial charge is 0.493 e. The summed E-state index contributed by atoms with van der Waals surface area (Å²) in [5, 5.41) is 2.83. The van der Waals surface area contributed by atoms with Crippen molar-refractivity contribution in [3.05, 3.63) is 65.2 Å². The molecule has 0 bridgehead atoms. The van der Waals surface area contributed by atoms with Crippen LogP contribution in [0.25, 0.3) is 0 Å². The number of fused-ring (bicyclic) bond motifs is 1. The van der Waals surface area contributed by atoms with Crippen molar-refractivity contribution in [3.8, 4) is 5.75 Å². The monoisotopic (exact) mass is 303 g/mol. The maximum atomic E-state index is 13.6. The first kappa shape index (κ1) is 14.5. The lowest BCUT2D eigenvalue weighted by molar-refractivity contribution is -0.121. The Morgan fingerprint density at radius 2 is 2.05 bits per heavy atom. The van der Waals surface area contributed by atoms with E-state index in [1.54, 1.807) is 24.3 Å². The van der Waals surface area contributed by atoms with Gasteiger partial charge in [0.25, 0.3) is 0 Å². The number of hydrogen-bond acceptors (Lipinski definition) is 2. The smallest absolute Gasteiger partial charge is 0.225 e. The molecule has 0 saturated carbocycles. The zero-order valence-electron chi connectivity index (χ0n) is 11.8. The van der Waals surface area contributed by atoms with Gasteiger partial charge in [-0.05, 0) is 29.8 Å². The average Bonchev–Trinajstić information content (AvgIpc) is 2.50. The lowest BCUT2D eigenvalue weighted by Gasteiger charge is -2.26. The van der Waals surface area contributed by atoms with Crippen LogP contribution in [-0.4, -0.2) is 12.5 Å². The molecular formula is C17H15F2NO2. The summed E-state index contributed by atoms with van der Waals surface area (Å²) in [5.41, 5.74) is 0.958. The molecule has 0 aliphatic carbocycles. The van der Waals surface area contributed by atoms with Gasteiger partial charge in [0.2, 0.25) is 5.91 Å². The molecule has 1 aliphatic heterocycles. The predicted octanol–water partition coefficient (Wildman–Crippen LogP) is 3.15. The Labute approximate surface area is 126 Å². The van der Waals surface area contributed by atoms with E-state index >= 15 is 0 Å². The van der Waals surface area contributed by atoms with Crippen LogP contribution in [0.2, 0.25) is 0 Å². The number of carbonyl (C=O) groups is 1. The Hall–Kier alpha value is -2.43. The highest BCUT2D eigenvalue weighted by molar-refractivity contribution is 5.79. The molecule has 0 aromatic heterocycles. The summed E-state index contributed by atoms with van der Waals surface area (Å²) in [6.07, 6.45) is 0.508. The van der Waals surface area contributed by atoms with Gasteiger partial charge < -0.3 is 10.1 Å². The van der Waals surface area contributed by atoms with Crippen molar-refractivity contribution in [2.45, 2.75) is 18.9 Å². The van der Waals surface area contributed by atoms with Gasteiger partial charge in [0.1, 0.15) is 17.4 Å². The minimum atomic E-state index is -0.406. The highest BCUT2D eigenvalue weighted by Gasteiger charge is 2.23. The van der Waals surface area contributed by atoms with Crippen molar-refractivity contribution in [1.29, 1.82) is 0 Å². The zero-order chi connectivity index (χ0) is 15.5. The van der Waals surface area contributed by atoms with Gasteiger partial charge in [-0.3, -0.25) is 4.79 Å². The minimum absolute atomic E-state index is 0.0469. The third-order valence-corrected chi connectivity index (χ3v) is 3.66. The lowest BCUT2D eigenvalue weighted by Crippen LogP contribution is -2.33. The Balaban J connectivity index is 1.73. The van der Waals surface area contributed by atoms with Gasteiger partial charge in [-0.1, -0.05) is 18.2 Å². The van der Waals surface area contributed by atoms with E-state index in [0.29, 0.717) is 29.9 Å². The highest BCUT2D eigenvalue weighted by Crippen LogP contribution is 2.32. The molecule has 1 aliphatic rings. The van der Waals surface area contributed by atoms with Gasteiger partial charge in [-0.2, -0.15) is 0 Å². The van der Waals surface area contributed by atoms with Crippen LogP contribution in [0, 0.1) is 11.6 Å². The fourth-order valence-corrected chi connectivity index (χ4v) is 2.58. The van der Waals surface area contributed by atoms with Gasteiger partial charge >= 0.3 is 0 Å². The van der Waals surface area contributed by atoms with E-state index in [1.807, 2.05) is 0 Å². The van der Waals surface area contributed by atoms with Crippen LogP contribution in [0.1, 0.15) is 23.6 Å². The Bertz CT molecular complexity index is 703. The van der Waals surface area contributed by atoms with Crippen LogP contribution in [0.3, 0.4) is 0 Å². The van der Waals surface area contributed by atoms with E-state index < -0.39 is 5.82 Å². The van der Waals surface area contributed by atoms with Crippen molar-refractivity contribution >= 4 is 5.91 Å². The number of carbonyl (C=O) groups excluding carboxylic acids is 1. The van der Waals surface area contributed by atoms with Gasteiger partial charge in [-0.25, -0.2) is 8.78 Å². The first-order valence-electron chi connectivity index (χ1n) is 7.08. The molecule has 114 valence electrons. The van der Waals surface area contributed by atoms with Gasteiger partial charge in [0.05, 0.1) is 19.1 Å². The van der Waals surface area contributed by atoms with E-state index in [-0.39, 0.29) is 24.2 Å². The van der Waals surface area contributed by atoms with Crippen molar-refractivity contribution in [2.24, 2.45) is 0 Å². The number of halogens is 2. The fourth-order valence-electron chi connectivity index (χ4n) is 2.58. The van der Waals surface area contributed by atoms with Crippen LogP contribution in [0.15, 0.2) is 42.5 Å². The summed E-state index contributed by atoms with van der Waals surface area (Å²) < 4.78 is 32.4. The van der Waals surface area contributed by atoms with Gasteiger partial charge in [0, 0.05) is 12.0 Å². The van der Waals surface area contributed by atoms with Crippen molar-refractivity contribution in [2.75, 3.05) is 6.61 Å². The van der Waals surface area contributed by atoms with Crippen LogP contribution in [-0.2, 0) is 11.2 Å².